The fourth-order valence-electron chi connectivity index (χ4n) is 1.48. The molecule has 1 aromatic heterocycles. The quantitative estimate of drug-likeness (QED) is 0.825. The summed E-state index contributed by atoms with van der Waals surface area (Å²) >= 11 is 5.63. The van der Waals surface area contributed by atoms with Gasteiger partial charge in [-0.05, 0) is 37.6 Å². The van der Waals surface area contributed by atoms with Gasteiger partial charge in [0.1, 0.15) is 5.76 Å². The van der Waals surface area contributed by atoms with Crippen LogP contribution in [0.2, 0.25) is 5.22 Å². The molecule has 0 unspecified atom stereocenters. The Balaban J connectivity index is 2.40. The van der Waals surface area contributed by atoms with Gasteiger partial charge in [0.15, 0.2) is 5.22 Å². The number of rotatable bonds is 6. The molecule has 0 fully saturated rings. The molecule has 0 bridgehead atoms. The van der Waals surface area contributed by atoms with Gasteiger partial charge in [-0.1, -0.05) is 0 Å². The molecule has 98 valence electrons. The molecule has 0 atom stereocenters. The molecule has 0 spiro atoms. The van der Waals surface area contributed by atoms with Crippen LogP contribution in [-0.2, 0) is 16.6 Å². The highest BCUT2D eigenvalue weighted by Crippen LogP contribution is 2.12. The Morgan fingerprint density at radius 1 is 1.41 bits per heavy atom. The van der Waals surface area contributed by atoms with E-state index in [9.17, 15) is 8.42 Å². The van der Waals surface area contributed by atoms with Gasteiger partial charge in [0.05, 0.1) is 12.8 Å². The van der Waals surface area contributed by atoms with Gasteiger partial charge < -0.3 is 9.73 Å². The van der Waals surface area contributed by atoms with Crippen LogP contribution >= 0.6 is 11.6 Å². The third-order valence-corrected chi connectivity index (χ3v) is 3.08. The molecule has 1 aromatic rings. The predicted octanol–water partition coefficient (Wildman–Crippen LogP) is 1.35. The van der Waals surface area contributed by atoms with Crippen LogP contribution in [0.25, 0.3) is 0 Å². The minimum absolute atomic E-state index is 0.343. The van der Waals surface area contributed by atoms with Crippen LogP contribution in [0.15, 0.2) is 16.5 Å². The fraction of sp³-hybridized carbons (Fsp3) is 0.600. The van der Waals surface area contributed by atoms with Crippen molar-refractivity contribution in [3.05, 3.63) is 23.1 Å². The van der Waals surface area contributed by atoms with E-state index in [1.165, 1.54) is 0 Å². The van der Waals surface area contributed by atoms with E-state index in [1.54, 1.807) is 26.0 Å². The third kappa shape index (κ3) is 6.07. The summed E-state index contributed by atoms with van der Waals surface area (Å²) in [6, 6.07) is 3.44. The predicted molar refractivity (Wildman–Crippen MR) is 67.5 cm³/mol. The molecule has 0 aliphatic rings. The Bertz CT molecular complexity index is 468. The average molecular weight is 281 g/mol. The molecule has 5 nitrogen and oxygen atoms in total. The molecule has 0 amide bonds. The molecule has 0 saturated carbocycles. The lowest BCUT2D eigenvalue weighted by atomic mass is 10.1. The second kappa shape index (κ2) is 5.39. The van der Waals surface area contributed by atoms with Crippen molar-refractivity contribution in [1.82, 2.24) is 10.0 Å². The molecule has 0 aliphatic heterocycles. The largest absolute Gasteiger partial charge is 0.448 e. The van der Waals surface area contributed by atoms with Crippen molar-refractivity contribution in [3.8, 4) is 0 Å². The lowest BCUT2D eigenvalue weighted by molar-refractivity contribution is 0.403. The van der Waals surface area contributed by atoms with Gasteiger partial charge in [0.2, 0.25) is 10.0 Å². The van der Waals surface area contributed by atoms with Crippen LogP contribution in [-0.4, -0.2) is 26.8 Å². The number of hydrogen-bond acceptors (Lipinski definition) is 4. The monoisotopic (exact) mass is 280 g/mol. The van der Waals surface area contributed by atoms with Gasteiger partial charge in [-0.2, -0.15) is 0 Å². The van der Waals surface area contributed by atoms with Crippen molar-refractivity contribution < 1.29 is 12.8 Å². The minimum Gasteiger partial charge on any atom is -0.448 e. The van der Waals surface area contributed by atoms with E-state index < -0.39 is 15.6 Å². The molecular weight excluding hydrogens is 264 g/mol. The SMILES string of the molecule is CC(C)(CNCc1ccc(Cl)o1)NS(C)(=O)=O. The Labute approximate surface area is 107 Å². The molecule has 1 rings (SSSR count). The molecule has 7 heteroatoms. The third-order valence-electron chi connectivity index (χ3n) is 1.96. The van der Waals surface area contributed by atoms with Crippen LogP contribution < -0.4 is 10.0 Å². The zero-order valence-electron chi connectivity index (χ0n) is 10.1. The van der Waals surface area contributed by atoms with Gasteiger partial charge >= 0.3 is 0 Å². The smallest absolute Gasteiger partial charge is 0.209 e. The van der Waals surface area contributed by atoms with E-state index in [1.807, 2.05) is 0 Å². The molecule has 1 heterocycles. The fourth-order valence-corrected chi connectivity index (χ4v) is 2.72. The Morgan fingerprint density at radius 3 is 2.53 bits per heavy atom. The second-order valence-corrected chi connectivity index (χ2v) is 6.69. The maximum atomic E-state index is 11.1. The summed E-state index contributed by atoms with van der Waals surface area (Å²) in [7, 11) is -3.21. The summed E-state index contributed by atoms with van der Waals surface area (Å²) in [5.74, 6) is 0.713. The van der Waals surface area contributed by atoms with Gasteiger partial charge in [-0.3, -0.25) is 0 Å². The van der Waals surface area contributed by atoms with E-state index in [2.05, 4.69) is 10.0 Å². The molecule has 0 aliphatic carbocycles. The zero-order valence-corrected chi connectivity index (χ0v) is 11.7. The first-order chi connectivity index (χ1) is 7.68. The van der Waals surface area contributed by atoms with Crippen molar-refractivity contribution in [2.45, 2.75) is 25.9 Å². The van der Waals surface area contributed by atoms with Gasteiger partial charge in [-0.15, -0.1) is 0 Å². The summed E-state index contributed by atoms with van der Waals surface area (Å²) in [6.07, 6.45) is 1.14. The molecule has 0 aromatic carbocycles. The number of nitrogens with one attached hydrogen (secondary N) is 2. The number of hydrogen-bond donors (Lipinski definition) is 2. The first-order valence-corrected chi connectivity index (χ1v) is 7.39. The number of sulfonamides is 1. The summed E-state index contributed by atoms with van der Waals surface area (Å²) in [5.41, 5.74) is -0.552. The average Bonchev–Trinajstić information content (AvgIpc) is 2.46. The second-order valence-electron chi connectivity index (χ2n) is 4.57. The maximum Gasteiger partial charge on any atom is 0.209 e. The molecule has 0 saturated heterocycles. The highest BCUT2D eigenvalue weighted by atomic mass is 35.5. The lowest BCUT2D eigenvalue weighted by Gasteiger charge is -2.25. The van der Waals surface area contributed by atoms with E-state index in [0.717, 1.165) is 6.26 Å². The van der Waals surface area contributed by atoms with E-state index >= 15 is 0 Å². The zero-order chi connectivity index (χ0) is 13.1. The maximum absolute atomic E-state index is 11.1. The first kappa shape index (κ1) is 14.5. The van der Waals surface area contributed by atoms with E-state index in [0.29, 0.717) is 24.1 Å². The standard InChI is InChI=1S/C10H17ClN2O3S/c1-10(2,13-17(3,14)15)7-12-6-8-4-5-9(11)16-8/h4-5,12-13H,6-7H2,1-3H3. The normalized spacial score (nSPS) is 12.9. The highest BCUT2D eigenvalue weighted by molar-refractivity contribution is 7.88. The molecular formula is C10H17ClN2O3S. The van der Waals surface area contributed by atoms with E-state index in [-0.39, 0.29) is 0 Å². The summed E-state index contributed by atoms with van der Waals surface area (Å²) in [5, 5.41) is 3.44. The van der Waals surface area contributed by atoms with Gasteiger partial charge in [0.25, 0.3) is 0 Å². The molecule has 0 radical (unpaired) electrons. The van der Waals surface area contributed by atoms with Crippen molar-refractivity contribution in [1.29, 1.82) is 0 Å². The first-order valence-electron chi connectivity index (χ1n) is 5.12. The van der Waals surface area contributed by atoms with Crippen LogP contribution in [0, 0.1) is 0 Å². The van der Waals surface area contributed by atoms with Gasteiger partial charge in [0, 0.05) is 12.1 Å². The lowest BCUT2D eigenvalue weighted by Crippen LogP contribution is -2.49. The Kier molecular flexibility index (Phi) is 4.60. The van der Waals surface area contributed by atoms with Crippen molar-refractivity contribution in [2.75, 3.05) is 12.8 Å². The summed E-state index contributed by atoms with van der Waals surface area (Å²) in [6.45, 7) is 4.59. The molecule has 2 N–H and O–H groups in total. The highest BCUT2D eigenvalue weighted by Gasteiger charge is 2.21. The van der Waals surface area contributed by atoms with E-state index in [4.69, 9.17) is 16.0 Å². The number of halogens is 1. The molecule has 17 heavy (non-hydrogen) atoms. The van der Waals surface area contributed by atoms with Crippen LogP contribution in [0.3, 0.4) is 0 Å². The van der Waals surface area contributed by atoms with Gasteiger partial charge in [-0.25, -0.2) is 13.1 Å². The van der Waals surface area contributed by atoms with Crippen molar-refractivity contribution >= 4 is 21.6 Å². The topological polar surface area (TPSA) is 71.3 Å². The number of furan rings is 1. The van der Waals surface area contributed by atoms with Crippen LogP contribution in [0.4, 0.5) is 0 Å². The van der Waals surface area contributed by atoms with Crippen molar-refractivity contribution in [2.24, 2.45) is 0 Å². The minimum atomic E-state index is -3.21. The van der Waals surface area contributed by atoms with Crippen LogP contribution in [0.1, 0.15) is 19.6 Å². The Morgan fingerprint density at radius 2 is 2.06 bits per heavy atom. The summed E-state index contributed by atoms with van der Waals surface area (Å²) in [4.78, 5) is 0. The van der Waals surface area contributed by atoms with Crippen LogP contribution in [0.5, 0.6) is 0 Å². The van der Waals surface area contributed by atoms with Crippen molar-refractivity contribution in [3.63, 3.8) is 0 Å². The Hall–Kier alpha value is -0.560. The summed E-state index contributed by atoms with van der Waals surface area (Å²) < 4.78 is 29.9.